The van der Waals surface area contributed by atoms with Gasteiger partial charge in [0.1, 0.15) is 5.82 Å². The Morgan fingerprint density at radius 3 is 2.74 bits per heavy atom. The van der Waals surface area contributed by atoms with Crippen molar-refractivity contribution in [3.05, 3.63) is 29.6 Å². The smallest absolute Gasteiger partial charge is 0.241 e. The molecule has 0 bridgehead atoms. The molecule has 128 valence electrons. The summed E-state index contributed by atoms with van der Waals surface area (Å²) >= 11 is 0. The van der Waals surface area contributed by atoms with Gasteiger partial charge in [0, 0.05) is 18.7 Å². The van der Waals surface area contributed by atoms with Gasteiger partial charge in [-0.3, -0.25) is 4.90 Å². The van der Waals surface area contributed by atoms with Gasteiger partial charge in [-0.1, -0.05) is 0 Å². The van der Waals surface area contributed by atoms with E-state index in [1.165, 1.54) is 18.2 Å². The number of ether oxygens (including phenoxy) is 1. The lowest BCUT2D eigenvalue weighted by atomic mass is 10.0. The maximum atomic E-state index is 13.2. The molecule has 0 aliphatic carbocycles. The second-order valence-corrected chi connectivity index (χ2v) is 7.99. The van der Waals surface area contributed by atoms with Gasteiger partial charge in [0.25, 0.3) is 0 Å². The Labute approximate surface area is 136 Å². The lowest BCUT2D eigenvalue weighted by Gasteiger charge is -2.37. The first-order chi connectivity index (χ1) is 11.0. The molecule has 2 aliphatic heterocycles. The third-order valence-corrected chi connectivity index (χ3v) is 6.32. The molecule has 2 atom stereocenters. The van der Waals surface area contributed by atoms with Crippen molar-refractivity contribution >= 4 is 10.0 Å². The first-order valence-corrected chi connectivity index (χ1v) is 9.56. The summed E-state index contributed by atoms with van der Waals surface area (Å²) in [6.07, 6.45) is 2.95. The summed E-state index contributed by atoms with van der Waals surface area (Å²) in [6.45, 7) is 4.69. The van der Waals surface area contributed by atoms with Crippen LogP contribution in [0.2, 0.25) is 0 Å². The molecule has 0 spiro atoms. The van der Waals surface area contributed by atoms with Crippen LogP contribution < -0.4 is 4.72 Å². The Morgan fingerprint density at radius 1 is 1.30 bits per heavy atom. The van der Waals surface area contributed by atoms with E-state index in [4.69, 9.17) is 4.74 Å². The monoisotopic (exact) mass is 342 g/mol. The fourth-order valence-electron chi connectivity index (χ4n) is 3.47. The van der Waals surface area contributed by atoms with Gasteiger partial charge in [-0.15, -0.1) is 0 Å². The minimum absolute atomic E-state index is 0.0711. The number of likely N-dealkylation sites (tertiary alicyclic amines) is 1. The molecule has 2 aliphatic rings. The Bertz CT molecular complexity index is 659. The van der Waals surface area contributed by atoms with E-state index in [2.05, 4.69) is 9.62 Å². The zero-order valence-corrected chi connectivity index (χ0v) is 14.1. The predicted octanol–water partition coefficient (Wildman–Crippen LogP) is 1.67. The van der Waals surface area contributed by atoms with Gasteiger partial charge in [0.15, 0.2) is 0 Å². The molecular weight excluding hydrogens is 319 g/mol. The number of hydrogen-bond donors (Lipinski definition) is 1. The van der Waals surface area contributed by atoms with Crippen molar-refractivity contribution in [2.45, 2.75) is 43.2 Å². The van der Waals surface area contributed by atoms with Crippen molar-refractivity contribution in [3.8, 4) is 0 Å². The molecule has 2 heterocycles. The lowest BCUT2D eigenvalue weighted by molar-refractivity contribution is 0.0106. The van der Waals surface area contributed by atoms with Crippen molar-refractivity contribution in [1.82, 2.24) is 9.62 Å². The topological polar surface area (TPSA) is 58.6 Å². The van der Waals surface area contributed by atoms with E-state index >= 15 is 0 Å². The molecule has 3 rings (SSSR count). The molecule has 23 heavy (non-hydrogen) atoms. The van der Waals surface area contributed by atoms with Crippen LogP contribution in [-0.2, 0) is 14.8 Å². The van der Waals surface area contributed by atoms with Crippen molar-refractivity contribution in [3.63, 3.8) is 0 Å². The van der Waals surface area contributed by atoms with E-state index in [-0.39, 0.29) is 17.0 Å². The lowest BCUT2D eigenvalue weighted by Crippen LogP contribution is -2.55. The minimum atomic E-state index is -3.67. The SMILES string of the molecule is Cc1cc(F)ccc1S(=O)(=O)NC1CCOCC1N1CCCC1. The molecule has 1 N–H and O–H groups in total. The standard InChI is InChI=1S/C16H23FN2O3S/c1-12-10-13(17)4-5-16(12)23(20,21)18-14-6-9-22-11-15(14)19-7-2-3-8-19/h4-5,10,14-15,18H,2-3,6-9,11H2,1H3. The molecule has 2 unspecified atom stereocenters. The number of rotatable bonds is 4. The van der Waals surface area contributed by atoms with Crippen molar-refractivity contribution < 1.29 is 17.5 Å². The molecular formula is C16H23FN2O3S. The number of aryl methyl sites for hydroxylation is 1. The van der Waals surface area contributed by atoms with Crippen LogP contribution in [0.1, 0.15) is 24.8 Å². The van der Waals surface area contributed by atoms with Gasteiger partial charge >= 0.3 is 0 Å². The average Bonchev–Trinajstić information content (AvgIpc) is 3.01. The minimum Gasteiger partial charge on any atom is -0.380 e. The van der Waals surface area contributed by atoms with E-state index in [0.717, 1.165) is 25.9 Å². The van der Waals surface area contributed by atoms with Gasteiger partial charge < -0.3 is 4.74 Å². The highest BCUT2D eigenvalue weighted by atomic mass is 32.2. The quantitative estimate of drug-likeness (QED) is 0.904. The first kappa shape index (κ1) is 16.8. The van der Waals surface area contributed by atoms with Crippen LogP contribution in [0.25, 0.3) is 0 Å². The van der Waals surface area contributed by atoms with Crippen LogP contribution in [0, 0.1) is 12.7 Å². The number of nitrogens with one attached hydrogen (secondary N) is 1. The van der Waals surface area contributed by atoms with Gasteiger partial charge in [0.2, 0.25) is 10.0 Å². The largest absolute Gasteiger partial charge is 0.380 e. The maximum absolute atomic E-state index is 13.2. The summed E-state index contributed by atoms with van der Waals surface area (Å²) < 4.78 is 47.0. The van der Waals surface area contributed by atoms with Crippen molar-refractivity contribution in [2.75, 3.05) is 26.3 Å². The Hall–Kier alpha value is -1.02. The summed E-state index contributed by atoms with van der Waals surface area (Å²) in [6, 6.07) is 3.66. The summed E-state index contributed by atoms with van der Waals surface area (Å²) in [5.74, 6) is -0.428. The molecule has 1 aromatic carbocycles. The van der Waals surface area contributed by atoms with Gasteiger partial charge in [-0.25, -0.2) is 17.5 Å². The molecule has 7 heteroatoms. The molecule has 0 aromatic heterocycles. The summed E-state index contributed by atoms with van der Waals surface area (Å²) in [4.78, 5) is 2.45. The average molecular weight is 342 g/mol. The van der Waals surface area contributed by atoms with Crippen molar-refractivity contribution in [2.24, 2.45) is 0 Å². The molecule has 0 saturated carbocycles. The maximum Gasteiger partial charge on any atom is 0.241 e. The van der Waals surface area contributed by atoms with Crippen LogP contribution >= 0.6 is 0 Å². The molecule has 2 fully saturated rings. The third-order valence-electron chi connectivity index (χ3n) is 4.67. The van der Waals surface area contributed by atoms with Crippen LogP contribution in [0.15, 0.2) is 23.1 Å². The molecule has 2 saturated heterocycles. The van der Waals surface area contributed by atoms with Gasteiger partial charge in [-0.05, 0) is 63.0 Å². The Balaban J connectivity index is 1.80. The first-order valence-electron chi connectivity index (χ1n) is 8.08. The molecule has 0 amide bonds. The highest BCUT2D eigenvalue weighted by molar-refractivity contribution is 7.89. The normalized spacial score (nSPS) is 26.5. The summed E-state index contributed by atoms with van der Waals surface area (Å²) in [5, 5.41) is 0. The van der Waals surface area contributed by atoms with Crippen LogP contribution in [0.4, 0.5) is 4.39 Å². The number of halogens is 1. The fraction of sp³-hybridized carbons (Fsp3) is 0.625. The van der Waals surface area contributed by atoms with E-state index in [1.807, 2.05) is 0 Å². The van der Waals surface area contributed by atoms with Crippen LogP contribution in [0.5, 0.6) is 0 Å². The van der Waals surface area contributed by atoms with Crippen molar-refractivity contribution in [1.29, 1.82) is 0 Å². The number of nitrogens with zero attached hydrogens (tertiary/aromatic N) is 1. The molecule has 0 radical (unpaired) electrons. The van der Waals surface area contributed by atoms with Crippen LogP contribution in [-0.4, -0.2) is 51.7 Å². The van der Waals surface area contributed by atoms with E-state index in [0.29, 0.717) is 25.2 Å². The summed E-state index contributed by atoms with van der Waals surface area (Å²) in [7, 11) is -3.67. The number of benzene rings is 1. The third kappa shape index (κ3) is 3.74. The highest BCUT2D eigenvalue weighted by Crippen LogP contribution is 2.22. The molecule has 1 aromatic rings. The second-order valence-electron chi connectivity index (χ2n) is 6.31. The fourth-order valence-corrected chi connectivity index (χ4v) is 5.00. The predicted molar refractivity (Wildman–Crippen MR) is 85.3 cm³/mol. The summed E-state index contributed by atoms with van der Waals surface area (Å²) in [5.41, 5.74) is 0.419. The van der Waals surface area contributed by atoms with Gasteiger partial charge in [-0.2, -0.15) is 0 Å². The highest BCUT2D eigenvalue weighted by Gasteiger charge is 2.35. The zero-order valence-electron chi connectivity index (χ0n) is 13.3. The number of hydrogen-bond acceptors (Lipinski definition) is 4. The zero-order chi connectivity index (χ0) is 16.4. The molecule has 5 nitrogen and oxygen atoms in total. The van der Waals surface area contributed by atoms with Crippen LogP contribution in [0.3, 0.4) is 0 Å². The number of sulfonamides is 1. The second kappa shape index (κ2) is 6.84. The van der Waals surface area contributed by atoms with E-state index in [1.54, 1.807) is 6.92 Å². The van der Waals surface area contributed by atoms with E-state index < -0.39 is 15.8 Å². The Kier molecular flexibility index (Phi) is 5.01. The van der Waals surface area contributed by atoms with Gasteiger partial charge in [0.05, 0.1) is 11.5 Å². The Morgan fingerprint density at radius 2 is 2.04 bits per heavy atom. The van der Waals surface area contributed by atoms with E-state index in [9.17, 15) is 12.8 Å².